The predicted molar refractivity (Wildman–Crippen MR) is 63.7 cm³/mol. The second-order valence-corrected chi connectivity index (χ2v) is 3.88. The number of rotatable bonds is 5. The SMILES string of the molecule is CCC[C@H](N)C(=O)NCc1ncccc1C. The van der Waals surface area contributed by atoms with Crippen LogP contribution in [0.1, 0.15) is 31.0 Å². The van der Waals surface area contributed by atoms with Crippen molar-refractivity contribution in [1.29, 1.82) is 0 Å². The van der Waals surface area contributed by atoms with Gasteiger partial charge in [-0.3, -0.25) is 9.78 Å². The molecule has 0 saturated heterocycles. The summed E-state index contributed by atoms with van der Waals surface area (Å²) in [6, 6.07) is 3.44. The Morgan fingerprint density at radius 2 is 2.38 bits per heavy atom. The van der Waals surface area contributed by atoms with Crippen LogP contribution >= 0.6 is 0 Å². The van der Waals surface area contributed by atoms with Crippen LogP contribution in [0.5, 0.6) is 0 Å². The fourth-order valence-electron chi connectivity index (χ4n) is 1.45. The molecule has 1 amide bonds. The number of nitrogens with zero attached hydrogens (tertiary/aromatic N) is 1. The van der Waals surface area contributed by atoms with E-state index in [2.05, 4.69) is 10.3 Å². The summed E-state index contributed by atoms with van der Waals surface area (Å²) in [5, 5.41) is 2.80. The molecule has 0 aliphatic heterocycles. The van der Waals surface area contributed by atoms with Crippen molar-refractivity contribution in [3.05, 3.63) is 29.6 Å². The van der Waals surface area contributed by atoms with E-state index in [1.807, 2.05) is 26.0 Å². The van der Waals surface area contributed by atoms with Gasteiger partial charge < -0.3 is 11.1 Å². The van der Waals surface area contributed by atoms with Crippen molar-refractivity contribution in [2.24, 2.45) is 5.73 Å². The molecular formula is C12H19N3O. The van der Waals surface area contributed by atoms with Gasteiger partial charge in [0.05, 0.1) is 18.3 Å². The van der Waals surface area contributed by atoms with E-state index in [9.17, 15) is 4.79 Å². The molecule has 1 atom stereocenters. The lowest BCUT2D eigenvalue weighted by Gasteiger charge is -2.11. The van der Waals surface area contributed by atoms with Crippen LogP contribution in [0.2, 0.25) is 0 Å². The summed E-state index contributed by atoms with van der Waals surface area (Å²) in [4.78, 5) is 15.8. The molecule has 0 spiro atoms. The van der Waals surface area contributed by atoms with Crippen LogP contribution in [-0.2, 0) is 11.3 Å². The molecule has 0 aromatic carbocycles. The van der Waals surface area contributed by atoms with Crippen LogP contribution in [0.15, 0.2) is 18.3 Å². The second-order valence-electron chi connectivity index (χ2n) is 3.88. The Balaban J connectivity index is 2.46. The van der Waals surface area contributed by atoms with E-state index < -0.39 is 6.04 Å². The van der Waals surface area contributed by atoms with Crippen LogP contribution in [0, 0.1) is 6.92 Å². The first-order valence-corrected chi connectivity index (χ1v) is 5.59. The van der Waals surface area contributed by atoms with E-state index in [0.29, 0.717) is 13.0 Å². The molecule has 4 nitrogen and oxygen atoms in total. The molecule has 1 heterocycles. The summed E-state index contributed by atoms with van der Waals surface area (Å²) < 4.78 is 0. The molecule has 88 valence electrons. The fraction of sp³-hybridized carbons (Fsp3) is 0.500. The third kappa shape index (κ3) is 3.62. The van der Waals surface area contributed by atoms with Crippen LogP contribution < -0.4 is 11.1 Å². The van der Waals surface area contributed by atoms with Gasteiger partial charge in [0.15, 0.2) is 0 Å². The maximum absolute atomic E-state index is 11.6. The standard InChI is InChI=1S/C12H19N3O/c1-3-5-10(13)12(16)15-8-11-9(2)6-4-7-14-11/h4,6-7,10H,3,5,8,13H2,1-2H3,(H,15,16)/t10-/m0/s1. The molecule has 1 aromatic rings. The van der Waals surface area contributed by atoms with Gasteiger partial charge in [-0.25, -0.2) is 0 Å². The number of nitrogens with one attached hydrogen (secondary N) is 1. The normalized spacial score (nSPS) is 12.2. The van der Waals surface area contributed by atoms with Gasteiger partial charge in [-0.15, -0.1) is 0 Å². The molecule has 0 fully saturated rings. The maximum Gasteiger partial charge on any atom is 0.237 e. The summed E-state index contributed by atoms with van der Waals surface area (Å²) >= 11 is 0. The number of pyridine rings is 1. The highest BCUT2D eigenvalue weighted by molar-refractivity contribution is 5.81. The van der Waals surface area contributed by atoms with E-state index in [1.165, 1.54) is 0 Å². The summed E-state index contributed by atoms with van der Waals surface area (Å²) in [6.45, 7) is 4.43. The number of carbonyl (C=O) groups excluding carboxylic acids is 1. The molecular weight excluding hydrogens is 202 g/mol. The number of hydrogen-bond acceptors (Lipinski definition) is 3. The van der Waals surface area contributed by atoms with Crippen molar-refractivity contribution in [2.45, 2.75) is 39.3 Å². The molecule has 0 unspecified atom stereocenters. The fourth-order valence-corrected chi connectivity index (χ4v) is 1.45. The van der Waals surface area contributed by atoms with Gasteiger partial charge in [0, 0.05) is 6.20 Å². The van der Waals surface area contributed by atoms with Crippen LogP contribution in [0.25, 0.3) is 0 Å². The largest absolute Gasteiger partial charge is 0.349 e. The number of aromatic nitrogens is 1. The maximum atomic E-state index is 11.6. The Bertz CT molecular complexity index is 352. The lowest BCUT2D eigenvalue weighted by molar-refractivity contribution is -0.122. The van der Waals surface area contributed by atoms with Crippen molar-refractivity contribution >= 4 is 5.91 Å². The molecule has 0 aliphatic carbocycles. The molecule has 16 heavy (non-hydrogen) atoms. The molecule has 0 radical (unpaired) electrons. The van der Waals surface area contributed by atoms with Crippen LogP contribution in [0.3, 0.4) is 0 Å². The smallest absolute Gasteiger partial charge is 0.237 e. The van der Waals surface area contributed by atoms with Gasteiger partial charge >= 0.3 is 0 Å². The summed E-state index contributed by atoms with van der Waals surface area (Å²) in [7, 11) is 0. The van der Waals surface area contributed by atoms with E-state index in [0.717, 1.165) is 17.7 Å². The predicted octanol–water partition coefficient (Wildman–Crippen LogP) is 1.13. The number of amides is 1. The highest BCUT2D eigenvalue weighted by Crippen LogP contribution is 2.02. The van der Waals surface area contributed by atoms with Gasteiger partial charge in [0.25, 0.3) is 0 Å². The minimum Gasteiger partial charge on any atom is -0.349 e. The van der Waals surface area contributed by atoms with Gasteiger partial charge in [-0.05, 0) is 25.0 Å². The lowest BCUT2D eigenvalue weighted by Crippen LogP contribution is -2.40. The first-order valence-electron chi connectivity index (χ1n) is 5.59. The van der Waals surface area contributed by atoms with E-state index in [1.54, 1.807) is 6.20 Å². The monoisotopic (exact) mass is 221 g/mol. The first kappa shape index (κ1) is 12.6. The lowest BCUT2D eigenvalue weighted by atomic mass is 10.1. The van der Waals surface area contributed by atoms with E-state index >= 15 is 0 Å². The summed E-state index contributed by atoms with van der Waals surface area (Å²) in [5.41, 5.74) is 7.66. The minimum absolute atomic E-state index is 0.105. The zero-order chi connectivity index (χ0) is 12.0. The van der Waals surface area contributed by atoms with Crippen molar-refractivity contribution in [2.75, 3.05) is 0 Å². The van der Waals surface area contributed by atoms with Gasteiger partial charge in [-0.2, -0.15) is 0 Å². The number of hydrogen-bond donors (Lipinski definition) is 2. The second kappa shape index (κ2) is 6.23. The van der Waals surface area contributed by atoms with Gasteiger partial charge in [0.2, 0.25) is 5.91 Å². The number of aryl methyl sites for hydroxylation is 1. The van der Waals surface area contributed by atoms with Gasteiger partial charge in [0.1, 0.15) is 0 Å². The first-order chi connectivity index (χ1) is 7.65. The highest BCUT2D eigenvalue weighted by atomic mass is 16.2. The Kier molecular flexibility index (Phi) is 4.92. The van der Waals surface area contributed by atoms with Crippen molar-refractivity contribution in [3.8, 4) is 0 Å². The minimum atomic E-state index is -0.408. The Morgan fingerprint density at radius 1 is 1.62 bits per heavy atom. The van der Waals surface area contributed by atoms with Crippen molar-refractivity contribution in [3.63, 3.8) is 0 Å². The Labute approximate surface area is 96.3 Å². The van der Waals surface area contributed by atoms with Crippen molar-refractivity contribution in [1.82, 2.24) is 10.3 Å². The topological polar surface area (TPSA) is 68.0 Å². The molecule has 3 N–H and O–H groups in total. The Hall–Kier alpha value is -1.42. The third-order valence-electron chi connectivity index (χ3n) is 2.48. The summed E-state index contributed by atoms with van der Waals surface area (Å²) in [6.07, 6.45) is 3.35. The molecule has 1 rings (SSSR count). The highest BCUT2D eigenvalue weighted by Gasteiger charge is 2.11. The summed E-state index contributed by atoms with van der Waals surface area (Å²) in [5.74, 6) is -0.105. The van der Waals surface area contributed by atoms with Crippen LogP contribution in [0.4, 0.5) is 0 Å². The number of carbonyl (C=O) groups is 1. The Morgan fingerprint density at radius 3 is 3.00 bits per heavy atom. The van der Waals surface area contributed by atoms with Crippen molar-refractivity contribution < 1.29 is 4.79 Å². The molecule has 0 aliphatic rings. The average Bonchev–Trinajstić information content (AvgIpc) is 2.28. The van der Waals surface area contributed by atoms with E-state index in [4.69, 9.17) is 5.73 Å². The van der Waals surface area contributed by atoms with Crippen LogP contribution in [-0.4, -0.2) is 16.9 Å². The molecule has 4 heteroatoms. The molecule has 1 aromatic heterocycles. The average molecular weight is 221 g/mol. The van der Waals surface area contributed by atoms with Gasteiger partial charge in [-0.1, -0.05) is 19.4 Å². The zero-order valence-corrected chi connectivity index (χ0v) is 9.86. The third-order valence-corrected chi connectivity index (χ3v) is 2.48. The quantitative estimate of drug-likeness (QED) is 0.783. The number of nitrogens with two attached hydrogens (primary N) is 1. The van der Waals surface area contributed by atoms with E-state index in [-0.39, 0.29) is 5.91 Å². The zero-order valence-electron chi connectivity index (χ0n) is 9.86. The molecule has 0 bridgehead atoms. The molecule has 0 saturated carbocycles.